The molecule has 0 saturated heterocycles. The lowest BCUT2D eigenvalue weighted by Gasteiger charge is -2.13. The molecule has 1 amide bonds. The maximum absolute atomic E-state index is 12.2. The molecule has 0 unspecified atom stereocenters. The van der Waals surface area contributed by atoms with Crippen molar-refractivity contribution in [3.05, 3.63) is 53.6 Å². The number of amides is 1. The fourth-order valence-electron chi connectivity index (χ4n) is 2.28. The molecule has 0 atom stereocenters. The Morgan fingerprint density at radius 3 is 2.64 bits per heavy atom. The first kappa shape index (κ1) is 21.2. The first-order valence-corrected chi connectivity index (χ1v) is 9.17. The van der Waals surface area contributed by atoms with E-state index in [4.69, 9.17) is 21.7 Å². The van der Waals surface area contributed by atoms with Crippen LogP contribution in [0.5, 0.6) is 11.5 Å². The van der Waals surface area contributed by atoms with Crippen LogP contribution in [0.3, 0.4) is 0 Å². The molecule has 0 aliphatic rings. The van der Waals surface area contributed by atoms with Gasteiger partial charge in [-0.2, -0.15) is 5.10 Å². The molecule has 7 nitrogen and oxygen atoms in total. The number of para-hydroxylation sites is 1. The summed E-state index contributed by atoms with van der Waals surface area (Å²) in [5.41, 5.74) is 5.19. The number of carbonyl (C=O) groups excluding carboxylic acids is 1. The minimum Gasteiger partial charge on any atom is -0.493 e. The van der Waals surface area contributed by atoms with E-state index in [-0.39, 0.29) is 12.5 Å². The van der Waals surface area contributed by atoms with E-state index in [0.29, 0.717) is 34.4 Å². The number of hydrogen-bond acceptors (Lipinski definition) is 5. The van der Waals surface area contributed by atoms with Gasteiger partial charge in [0.05, 0.1) is 13.3 Å². The summed E-state index contributed by atoms with van der Waals surface area (Å²) >= 11 is 5.06. The molecule has 0 saturated carbocycles. The Kier molecular flexibility index (Phi) is 8.23. The number of aryl methyl sites for hydroxylation is 1. The highest BCUT2D eigenvalue weighted by Gasteiger charge is 2.12. The molecule has 8 heteroatoms. The predicted octanol–water partition coefficient (Wildman–Crippen LogP) is 2.84. The van der Waals surface area contributed by atoms with Gasteiger partial charge >= 0.3 is 0 Å². The largest absolute Gasteiger partial charge is 0.493 e. The molecular weight excluding hydrogens is 376 g/mol. The van der Waals surface area contributed by atoms with Crippen LogP contribution in [0.4, 0.5) is 5.69 Å². The molecule has 0 aromatic heterocycles. The van der Waals surface area contributed by atoms with Crippen molar-refractivity contribution in [2.24, 2.45) is 5.10 Å². The third-order valence-electron chi connectivity index (χ3n) is 3.62. The van der Waals surface area contributed by atoms with Gasteiger partial charge in [-0.05, 0) is 50.3 Å². The zero-order chi connectivity index (χ0) is 20.4. The predicted molar refractivity (Wildman–Crippen MR) is 115 cm³/mol. The summed E-state index contributed by atoms with van der Waals surface area (Å²) < 4.78 is 11.1. The standard InChI is InChI=1S/C20H24N4O3S/c1-4-21-20(28)24-22-12-15-6-5-7-17(26-3)19(15)27-13-18(25)23-16-10-8-14(2)9-11-16/h5-12H,4,13H2,1-3H3,(H,23,25)(H2,21,24,28). The first-order chi connectivity index (χ1) is 13.5. The van der Waals surface area contributed by atoms with E-state index in [9.17, 15) is 4.79 Å². The molecule has 0 aliphatic carbocycles. The van der Waals surface area contributed by atoms with Gasteiger partial charge in [0.15, 0.2) is 23.2 Å². The molecule has 2 rings (SSSR count). The zero-order valence-corrected chi connectivity index (χ0v) is 16.9. The lowest BCUT2D eigenvalue weighted by Crippen LogP contribution is -2.31. The molecule has 0 radical (unpaired) electrons. The van der Waals surface area contributed by atoms with Crippen molar-refractivity contribution in [2.45, 2.75) is 13.8 Å². The van der Waals surface area contributed by atoms with Crippen LogP contribution >= 0.6 is 12.2 Å². The number of thiocarbonyl (C=S) groups is 1. The normalized spacial score (nSPS) is 10.4. The maximum atomic E-state index is 12.2. The number of hydrazone groups is 1. The van der Waals surface area contributed by atoms with Crippen LogP contribution in [0.15, 0.2) is 47.6 Å². The molecule has 0 fully saturated rings. The average molecular weight is 401 g/mol. The van der Waals surface area contributed by atoms with Gasteiger partial charge in [-0.15, -0.1) is 0 Å². The van der Waals surface area contributed by atoms with Gasteiger partial charge in [-0.25, -0.2) is 0 Å². The van der Waals surface area contributed by atoms with Crippen molar-refractivity contribution >= 4 is 35.1 Å². The van der Waals surface area contributed by atoms with Crippen LogP contribution in [0.2, 0.25) is 0 Å². The second-order valence-corrected chi connectivity index (χ2v) is 6.22. The molecule has 0 spiro atoms. The molecular formula is C20H24N4O3S. The summed E-state index contributed by atoms with van der Waals surface area (Å²) in [5.74, 6) is 0.648. The van der Waals surface area contributed by atoms with Crippen molar-refractivity contribution in [1.29, 1.82) is 0 Å². The SMILES string of the molecule is CCNC(=S)NN=Cc1cccc(OC)c1OCC(=O)Nc1ccc(C)cc1. The fraction of sp³-hybridized carbons (Fsp3) is 0.250. The van der Waals surface area contributed by atoms with Crippen molar-refractivity contribution < 1.29 is 14.3 Å². The van der Waals surface area contributed by atoms with Gasteiger partial charge < -0.3 is 20.1 Å². The van der Waals surface area contributed by atoms with Crippen molar-refractivity contribution in [3.8, 4) is 11.5 Å². The lowest BCUT2D eigenvalue weighted by molar-refractivity contribution is -0.118. The summed E-state index contributed by atoms with van der Waals surface area (Å²) in [5, 5.41) is 10.2. The maximum Gasteiger partial charge on any atom is 0.262 e. The van der Waals surface area contributed by atoms with Gasteiger partial charge in [0.25, 0.3) is 5.91 Å². The van der Waals surface area contributed by atoms with Crippen LogP contribution in [-0.2, 0) is 4.79 Å². The van der Waals surface area contributed by atoms with Crippen LogP contribution in [0.1, 0.15) is 18.1 Å². The highest BCUT2D eigenvalue weighted by atomic mass is 32.1. The van der Waals surface area contributed by atoms with Crippen LogP contribution in [0, 0.1) is 6.92 Å². The monoisotopic (exact) mass is 400 g/mol. The Morgan fingerprint density at radius 2 is 1.96 bits per heavy atom. The van der Waals surface area contributed by atoms with Gasteiger partial charge in [0.1, 0.15) is 0 Å². The zero-order valence-electron chi connectivity index (χ0n) is 16.1. The Morgan fingerprint density at radius 1 is 1.21 bits per heavy atom. The lowest BCUT2D eigenvalue weighted by atomic mass is 10.2. The molecule has 2 aromatic rings. The van der Waals surface area contributed by atoms with Gasteiger partial charge in [-0.1, -0.05) is 23.8 Å². The number of rotatable bonds is 8. The third kappa shape index (κ3) is 6.55. The summed E-state index contributed by atoms with van der Waals surface area (Å²) in [7, 11) is 1.54. The smallest absolute Gasteiger partial charge is 0.262 e. The Bertz CT molecular complexity index is 838. The molecule has 0 bridgehead atoms. The summed E-state index contributed by atoms with van der Waals surface area (Å²) in [6.45, 7) is 4.45. The average Bonchev–Trinajstić information content (AvgIpc) is 2.68. The van der Waals surface area contributed by atoms with E-state index in [1.807, 2.05) is 44.2 Å². The van der Waals surface area contributed by atoms with Crippen molar-refractivity contribution in [3.63, 3.8) is 0 Å². The van der Waals surface area contributed by atoms with Gasteiger partial charge in [-0.3, -0.25) is 10.2 Å². The number of ether oxygens (including phenoxy) is 2. The molecule has 28 heavy (non-hydrogen) atoms. The second-order valence-electron chi connectivity index (χ2n) is 5.81. The van der Waals surface area contributed by atoms with Crippen molar-refractivity contribution in [1.82, 2.24) is 10.7 Å². The molecule has 3 N–H and O–H groups in total. The summed E-state index contributed by atoms with van der Waals surface area (Å²) in [4.78, 5) is 12.2. The number of nitrogens with one attached hydrogen (secondary N) is 3. The number of benzene rings is 2. The summed E-state index contributed by atoms with van der Waals surface area (Å²) in [6, 6.07) is 12.9. The first-order valence-electron chi connectivity index (χ1n) is 8.76. The second kappa shape index (κ2) is 10.9. The van der Waals surface area contributed by atoms with Crippen LogP contribution < -0.4 is 25.5 Å². The Hall–Kier alpha value is -3.13. The highest BCUT2D eigenvalue weighted by Crippen LogP contribution is 2.30. The van der Waals surface area contributed by atoms with E-state index in [2.05, 4.69) is 21.2 Å². The van der Waals surface area contributed by atoms with Crippen LogP contribution in [0.25, 0.3) is 0 Å². The van der Waals surface area contributed by atoms with Crippen LogP contribution in [-0.4, -0.2) is 37.5 Å². The minimum absolute atomic E-state index is 0.168. The highest BCUT2D eigenvalue weighted by molar-refractivity contribution is 7.80. The Balaban J connectivity index is 2.04. The van der Waals surface area contributed by atoms with Gasteiger partial charge in [0.2, 0.25) is 0 Å². The fourth-order valence-corrected chi connectivity index (χ4v) is 2.48. The quantitative estimate of drug-likeness (QED) is 0.359. The minimum atomic E-state index is -0.274. The molecule has 148 valence electrons. The van der Waals surface area contributed by atoms with E-state index in [0.717, 1.165) is 5.56 Å². The number of nitrogens with zero attached hydrogens (tertiary/aromatic N) is 1. The van der Waals surface area contributed by atoms with E-state index >= 15 is 0 Å². The summed E-state index contributed by atoms with van der Waals surface area (Å²) in [6.07, 6.45) is 1.55. The number of carbonyl (C=O) groups is 1. The van der Waals surface area contributed by atoms with E-state index in [1.54, 1.807) is 18.3 Å². The number of methoxy groups -OCH3 is 1. The van der Waals surface area contributed by atoms with E-state index in [1.165, 1.54) is 7.11 Å². The topological polar surface area (TPSA) is 84.0 Å². The Labute approximate surface area is 170 Å². The molecule has 2 aromatic carbocycles. The molecule has 0 aliphatic heterocycles. The van der Waals surface area contributed by atoms with Crippen molar-refractivity contribution in [2.75, 3.05) is 25.6 Å². The number of anilines is 1. The third-order valence-corrected chi connectivity index (χ3v) is 3.85. The van der Waals surface area contributed by atoms with E-state index < -0.39 is 0 Å². The van der Waals surface area contributed by atoms with Gasteiger partial charge in [0, 0.05) is 17.8 Å². The molecule has 0 heterocycles. The number of hydrogen-bond donors (Lipinski definition) is 3.